The van der Waals surface area contributed by atoms with Crippen molar-refractivity contribution < 1.29 is 13.2 Å². The maximum Gasteiger partial charge on any atom is 0.251 e. The van der Waals surface area contributed by atoms with Crippen LogP contribution in [0.5, 0.6) is 0 Å². The summed E-state index contributed by atoms with van der Waals surface area (Å²) in [4.78, 5) is 16.4. The van der Waals surface area contributed by atoms with Gasteiger partial charge in [-0.2, -0.15) is 0 Å². The Morgan fingerprint density at radius 3 is 2.50 bits per heavy atom. The van der Waals surface area contributed by atoms with E-state index < -0.39 is 9.84 Å². The van der Waals surface area contributed by atoms with Gasteiger partial charge in [0.1, 0.15) is 9.84 Å². The number of benzene rings is 1. The van der Waals surface area contributed by atoms with Gasteiger partial charge in [0, 0.05) is 31.0 Å². The third-order valence-corrected chi connectivity index (χ3v) is 4.57. The molecule has 0 bridgehead atoms. The molecule has 0 aromatic heterocycles. The summed E-state index contributed by atoms with van der Waals surface area (Å²) in [5.41, 5.74) is 1.54. The summed E-state index contributed by atoms with van der Waals surface area (Å²) in [5.74, 6) is 0.657. The number of amides is 1. The van der Waals surface area contributed by atoms with Crippen molar-refractivity contribution in [3.63, 3.8) is 0 Å². The van der Waals surface area contributed by atoms with E-state index in [2.05, 4.69) is 20.9 Å². The molecule has 26 heavy (non-hydrogen) atoms. The van der Waals surface area contributed by atoms with E-state index in [0.717, 1.165) is 5.56 Å². The summed E-state index contributed by atoms with van der Waals surface area (Å²) < 4.78 is 22.6. The maximum atomic E-state index is 11.9. The van der Waals surface area contributed by atoms with Crippen LogP contribution in [0.2, 0.25) is 0 Å². The number of nitrogens with zero attached hydrogens (tertiary/aromatic N) is 1. The lowest BCUT2D eigenvalue weighted by molar-refractivity contribution is 0.0955. The van der Waals surface area contributed by atoms with Crippen molar-refractivity contribution in [3.8, 4) is 0 Å². The monoisotopic (exact) mass is 382 g/mol. The number of guanidine groups is 1. The molecule has 146 valence electrons. The van der Waals surface area contributed by atoms with Gasteiger partial charge in [0.25, 0.3) is 5.91 Å². The minimum absolute atomic E-state index is 0.0239. The number of carbonyl (C=O) groups is 1. The van der Waals surface area contributed by atoms with E-state index in [0.29, 0.717) is 37.6 Å². The van der Waals surface area contributed by atoms with Gasteiger partial charge in [-0.15, -0.1) is 0 Å². The molecule has 0 heterocycles. The lowest BCUT2D eigenvalue weighted by Gasteiger charge is -2.17. The van der Waals surface area contributed by atoms with Gasteiger partial charge >= 0.3 is 0 Å². The molecule has 3 N–H and O–H groups in total. The van der Waals surface area contributed by atoms with Crippen molar-refractivity contribution in [2.45, 2.75) is 39.8 Å². The second-order valence-corrected chi connectivity index (χ2v) is 8.48. The van der Waals surface area contributed by atoms with Crippen LogP contribution in [0.15, 0.2) is 29.3 Å². The van der Waals surface area contributed by atoms with Crippen LogP contribution in [-0.2, 0) is 16.4 Å². The summed E-state index contributed by atoms with van der Waals surface area (Å²) in [7, 11) is -2.98. The minimum Gasteiger partial charge on any atom is -0.357 e. The Hall–Kier alpha value is -2.09. The molecule has 1 amide bonds. The molecule has 7 nitrogen and oxygen atoms in total. The van der Waals surface area contributed by atoms with Crippen molar-refractivity contribution in [2.75, 3.05) is 25.1 Å². The normalized spacial score (nSPS) is 13.2. The zero-order chi connectivity index (χ0) is 19.6. The molecule has 8 heteroatoms. The highest BCUT2D eigenvalue weighted by atomic mass is 32.2. The van der Waals surface area contributed by atoms with E-state index in [4.69, 9.17) is 0 Å². The van der Waals surface area contributed by atoms with E-state index in [-0.39, 0.29) is 17.7 Å². The fourth-order valence-corrected chi connectivity index (χ4v) is 3.04. The Kier molecular flexibility index (Phi) is 9.12. The number of sulfone groups is 1. The topological polar surface area (TPSA) is 99.7 Å². The Morgan fingerprint density at radius 2 is 1.88 bits per heavy atom. The molecular weight excluding hydrogens is 352 g/mol. The van der Waals surface area contributed by atoms with E-state index in [1.54, 1.807) is 6.07 Å². The van der Waals surface area contributed by atoms with Crippen LogP contribution >= 0.6 is 0 Å². The molecule has 1 aromatic carbocycles. The Bertz CT molecular complexity index is 717. The van der Waals surface area contributed by atoms with Crippen LogP contribution in [0.25, 0.3) is 0 Å². The first-order chi connectivity index (χ1) is 12.2. The van der Waals surface area contributed by atoms with Crippen LogP contribution < -0.4 is 16.0 Å². The standard InChI is InChI=1S/C18H30N4O3S/c1-5-19-17(23)16-9-7-8-15(12-16)13-21-18(20-6-2)22-14(3)10-11-26(4,24)25/h7-9,12,14H,5-6,10-11,13H2,1-4H3,(H,19,23)(H2,20,21,22). The first-order valence-electron chi connectivity index (χ1n) is 8.84. The number of hydrogen-bond acceptors (Lipinski definition) is 4. The summed E-state index contributed by atoms with van der Waals surface area (Å²) in [6.07, 6.45) is 1.75. The molecule has 0 saturated carbocycles. The summed E-state index contributed by atoms with van der Waals surface area (Å²) in [6.45, 7) is 7.47. The summed E-state index contributed by atoms with van der Waals surface area (Å²) >= 11 is 0. The number of aliphatic imine (C=N–C) groups is 1. The predicted molar refractivity (Wildman–Crippen MR) is 106 cm³/mol. The zero-order valence-electron chi connectivity index (χ0n) is 16.0. The average molecular weight is 383 g/mol. The molecule has 1 rings (SSSR count). The number of rotatable bonds is 9. The predicted octanol–water partition coefficient (Wildman–Crippen LogP) is 1.31. The molecule has 1 atom stereocenters. The second kappa shape index (κ2) is 10.8. The minimum atomic E-state index is -2.98. The van der Waals surface area contributed by atoms with Crippen LogP contribution in [0, 0.1) is 0 Å². The largest absolute Gasteiger partial charge is 0.357 e. The van der Waals surface area contributed by atoms with Crippen molar-refractivity contribution in [1.29, 1.82) is 0 Å². The van der Waals surface area contributed by atoms with Crippen LogP contribution in [0.4, 0.5) is 0 Å². The molecular formula is C18H30N4O3S. The van der Waals surface area contributed by atoms with Gasteiger partial charge in [0.2, 0.25) is 0 Å². The Labute approximate surface area is 156 Å². The van der Waals surface area contributed by atoms with Crippen LogP contribution in [-0.4, -0.2) is 51.4 Å². The Morgan fingerprint density at radius 1 is 1.19 bits per heavy atom. The highest BCUT2D eigenvalue weighted by Crippen LogP contribution is 2.07. The third kappa shape index (κ3) is 8.84. The SMILES string of the molecule is CCNC(=O)c1cccc(CN=C(NCC)NC(C)CCS(C)(=O)=O)c1. The number of nitrogens with one attached hydrogen (secondary N) is 3. The molecule has 0 spiro atoms. The highest BCUT2D eigenvalue weighted by Gasteiger charge is 2.10. The molecule has 0 radical (unpaired) electrons. The first kappa shape index (κ1) is 22.0. The lowest BCUT2D eigenvalue weighted by atomic mass is 10.1. The van der Waals surface area contributed by atoms with Crippen LogP contribution in [0.3, 0.4) is 0 Å². The maximum absolute atomic E-state index is 11.9. The van der Waals surface area contributed by atoms with Gasteiger partial charge in [-0.25, -0.2) is 13.4 Å². The molecule has 0 aliphatic rings. The van der Waals surface area contributed by atoms with E-state index in [1.807, 2.05) is 39.0 Å². The molecule has 0 fully saturated rings. The van der Waals surface area contributed by atoms with Crippen LogP contribution in [0.1, 0.15) is 43.1 Å². The fraction of sp³-hybridized carbons (Fsp3) is 0.556. The van der Waals surface area contributed by atoms with Gasteiger partial charge in [-0.05, 0) is 44.9 Å². The zero-order valence-corrected chi connectivity index (χ0v) is 16.8. The molecule has 0 aliphatic carbocycles. The smallest absolute Gasteiger partial charge is 0.251 e. The van der Waals surface area contributed by atoms with E-state index in [1.165, 1.54) is 6.26 Å². The van der Waals surface area contributed by atoms with Gasteiger partial charge in [0.05, 0.1) is 12.3 Å². The highest BCUT2D eigenvalue weighted by molar-refractivity contribution is 7.90. The Balaban J connectivity index is 2.74. The molecule has 1 unspecified atom stereocenters. The fourth-order valence-electron chi connectivity index (χ4n) is 2.26. The third-order valence-electron chi connectivity index (χ3n) is 3.60. The first-order valence-corrected chi connectivity index (χ1v) is 10.9. The van der Waals surface area contributed by atoms with Crippen molar-refractivity contribution in [3.05, 3.63) is 35.4 Å². The number of carbonyl (C=O) groups excluding carboxylic acids is 1. The van der Waals surface area contributed by atoms with Gasteiger partial charge in [-0.3, -0.25) is 4.79 Å². The quantitative estimate of drug-likeness (QED) is 0.442. The van der Waals surface area contributed by atoms with Gasteiger partial charge in [-0.1, -0.05) is 12.1 Å². The molecule has 0 aliphatic heterocycles. The lowest BCUT2D eigenvalue weighted by Crippen LogP contribution is -2.42. The van der Waals surface area contributed by atoms with Gasteiger partial charge in [0.15, 0.2) is 5.96 Å². The van der Waals surface area contributed by atoms with Crippen molar-refractivity contribution in [2.24, 2.45) is 4.99 Å². The number of hydrogen-bond donors (Lipinski definition) is 3. The average Bonchev–Trinajstić information content (AvgIpc) is 2.58. The summed E-state index contributed by atoms with van der Waals surface area (Å²) in [5, 5.41) is 9.14. The van der Waals surface area contributed by atoms with E-state index >= 15 is 0 Å². The van der Waals surface area contributed by atoms with Crippen molar-refractivity contribution >= 4 is 21.7 Å². The van der Waals surface area contributed by atoms with E-state index in [9.17, 15) is 13.2 Å². The molecule has 1 aromatic rings. The summed E-state index contributed by atoms with van der Waals surface area (Å²) in [6, 6.07) is 7.33. The molecule has 0 saturated heterocycles. The van der Waals surface area contributed by atoms with Gasteiger partial charge < -0.3 is 16.0 Å². The second-order valence-electron chi connectivity index (χ2n) is 6.22. The van der Waals surface area contributed by atoms with Crippen molar-refractivity contribution in [1.82, 2.24) is 16.0 Å².